The maximum absolute atomic E-state index is 12.5. The van der Waals surface area contributed by atoms with Gasteiger partial charge in [-0.15, -0.1) is 9.19 Å². The highest BCUT2D eigenvalue weighted by molar-refractivity contribution is 7.89. The first-order valence-electron chi connectivity index (χ1n) is 10.6. The third-order valence-electron chi connectivity index (χ3n) is 4.58. The number of nitrogens with one attached hydrogen (secondary N) is 2. The third kappa shape index (κ3) is 6.13. The summed E-state index contributed by atoms with van der Waals surface area (Å²) in [5.41, 5.74) is 1.95. The second kappa shape index (κ2) is 10.9. The molecule has 3 rings (SSSR count). The fourth-order valence-corrected chi connectivity index (χ4v) is 3.71. The molecule has 9 nitrogen and oxygen atoms in total. The van der Waals surface area contributed by atoms with Gasteiger partial charge in [-0.3, -0.25) is 0 Å². The summed E-state index contributed by atoms with van der Waals surface area (Å²) in [6.45, 7) is 7.48. The fraction of sp³-hybridized carbons (Fsp3) is 0.364. The molecule has 0 unspecified atom stereocenters. The smallest absolute Gasteiger partial charge is 0.256 e. The van der Waals surface area contributed by atoms with Gasteiger partial charge < -0.3 is 20.1 Å². The molecule has 1 aromatic heterocycles. The van der Waals surface area contributed by atoms with Crippen molar-refractivity contribution in [3.8, 4) is 11.5 Å². The Labute approximate surface area is 188 Å². The number of nitrogens with zero attached hydrogens (tertiary/aromatic N) is 3. The summed E-state index contributed by atoms with van der Waals surface area (Å²) in [5.74, 6) is 1.88. The van der Waals surface area contributed by atoms with E-state index >= 15 is 0 Å². The Morgan fingerprint density at radius 1 is 0.812 bits per heavy atom. The van der Waals surface area contributed by atoms with E-state index in [4.69, 9.17) is 9.47 Å². The summed E-state index contributed by atoms with van der Waals surface area (Å²) in [6, 6.07) is 15.2. The normalized spacial score (nSPS) is 11.2. The lowest BCUT2D eigenvalue weighted by Gasteiger charge is -2.08. The van der Waals surface area contributed by atoms with Gasteiger partial charge in [0.05, 0.1) is 19.0 Å². The SMILES string of the molecule is CCOc1ccc(CNc2nc(NCc3ccc(OCC)cc3)n(S(=O)(=O)CC)n2)cc1. The molecule has 1 heterocycles. The molecule has 2 N–H and O–H groups in total. The summed E-state index contributed by atoms with van der Waals surface area (Å²) >= 11 is 0. The molecule has 0 fully saturated rings. The predicted molar refractivity (Wildman–Crippen MR) is 125 cm³/mol. The molecule has 0 spiro atoms. The minimum absolute atomic E-state index is 0.0908. The van der Waals surface area contributed by atoms with E-state index < -0.39 is 10.0 Å². The quantitative estimate of drug-likeness (QED) is 0.424. The van der Waals surface area contributed by atoms with E-state index in [1.807, 2.05) is 62.4 Å². The summed E-state index contributed by atoms with van der Waals surface area (Å²) in [4.78, 5) is 4.35. The number of anilines is 2. The molecule has 0 saturated heterocycles. The monoisotopic (exact) mass is 459 g/mol. The summed E-state index contributed by atoms with van der Waals surface area (Å²) in [5, 5.41) is 10.3. The zero-order valence-electron chi connectivity index (χ0n) is 18.5. The van der Waals surface area contributed by atoms with E-state index in [0.29, 0.717) is 26.3 Å². The van der Waals surface area contributed by atoms with Crippen molar-refractivity contribution < 1.29 is 17.9 Å². The van der Waals surface area contributed by atoms with Crippen LogP contribution in [0.3, 0.4) is 0 Å². The lowest BCUT2D eigenvalue weighted by Crippen LogP contribution is -2.19. The summed E-state index contributed by atoms with van der Waals surface area (Å²) < 4.78 is 36.8. The van der Waals surface area contributed by atoms with E-state index in [1.165, 1.54) is 0 Å². The Morgan fingerprint density at radius 3 is 1.78 bits per heavy atom. The molecule has 0 amide bonds. The van der Waals surface area contributed by atoms with Crippen molar-refractivity contribution in [3.63, 3.8) is 0 Å². The Bertz CT molecular complexity index is 1100. The molecule has 0 bridgehead atoms. The number of hydrogen-bond donors (Lipinski definition) is 2. The van der Waals surface area contributed by atoms with Crippen LogP contribution < -0.4 is 20.1 Å². The molecule has 2 aromatic carbocycles. The largest absolute Gasteiger partial charge is 0.494 e. The highest BCUT2D eigenvalue weighted by Crippen LogP contribution is 2.17. The van der Waals surface area contributed by atoms with E-state index in [9.17, 15) is 8.42 Å². The molecule has 0 atom stereocenters. The van der Waals surface area contributed by atoms with Gasteiger partial charge >= 0.3 is 0 Å². The van der Waals surface area contributed by atoms with Crippen LogP contribution in [0.4, 0.5) is 11.9 Å². The van der Waals surface area contributed by atoms with E-state index in [1.54, 1.807) is 6.92 Å². The van der Waals surface area contributed by atoms with Crippen molar-refractivity contribution in [2.24, 2.45) is 0 Å². The fourth-order valence-electron chi connectivity index (χ4n) is 2.90. The molecule has 172 valence electrons. The minimum Gasteiger partial charge on any atom is -0.494 e. The van der Waals surface area contributed by atoms with Crippen LogP contribution in [-0.2, 0) is 23.1 Å². The molecule has 32 heavy (non-hydrogen) atoms. The van der Waals surface area contributed by atoms with E-state index in [2.05, 4.69) is 20.7 Å². The van der Waals surface area contributed by atoms with Gasteiger partial charge in [0.1, 0.15) is 11.5 Å². The molecule has 0 aliphatic rings. The minimum atomic E-state index is -3.62. The van der Waals surface area contributed by atoms with Crippen molar-refractivity contribution >= 4 is 21.9 Å². The highest BCUT2D eigenvalue weighted by Gasteiger charge is 2.20. The summed E-state index contributed by atoms with van der Waals surface area (Å²) in [7, 11) is -3.62. The zero-order chi connectivity index (χ0) is 23.0. The van der Waals surface area contributed by atoms with Gasteiger partial charge in [0.2, 0.25) is 11.9 Å². The Hall–Kier alpha value is -3.27. The van der Waals surface area contributed by atoms with Gasteiger partial charge in [-0.1, -0.05) is 24.3 Å². The first kappa shape index (κ1) is 23.4. The second-order valence-electron chi connectivity index (χ2n) is 6.86. The first-order chi connectivity index (χ1) is 15.4. The van der Waals surface area contributed by atoms with Gasteiger partial charge in [-0.2, -0.15) is 4.98 Å². The average Bonchev–Trinajstić information content (AvgIpc) is 3.23. The standard InChI is InChI=1S/C22H29N5O4S/c1-4-30-19-11-7-17(8-12-19)15-23-21-25-22(27(26-21)32(28,29)6-3)24-16-18-9-13-20(14-10-18)31-5-2/h7-14H,4-6,15-16H2,1-3H3,(H2,23,24,25,26). The van der Waals surface area contributed by atoms with Gasteiger partial charge in [-0.25, -0.2) is 8.42 Å². The Morgan fingerprint density at radius 2 is 1.31 bits per heavy atom. The van der Waals surface area contributed by atoms with Gasteiger partial charge in [0.15, 0.2) is 0 Å². The van der Waals surface area contributed by atoms with Crippen molar-refractivity contribution in [1.82, 2.24) is 14.2 Å². The number of benzene rings is 2. The van der Waals surface area contributed by atoms with Gasteiger partial charge in [-0.05, 0) is 56.2 Å². The van der Waals surface area contributed by atoms with E-state index in [-0.39, 0.29) is 17.6 Å². The topological polar surface area (TPSA) is 107 Å². The Kier molecular flexibility index (Phi) is 7.93. The number of ether oxygens (including phenoxy) is 2. The third-order valence-corrected chi connectivity index (χ3v) is 6.09. The van der Waals surface area contributed by atoms with Crippen LogP contribution in [0.25, 0.3) is 0 Å². The van der Waals surface area contributed by atoms with Crippen LogP contribution >= 0.6 is 0 Å². The van der Waals surface area contributed by atoms with Crippen LogP contribution in [0.2, 0.25) is 0 Å². The molecular formula is C22H29N5O4S. The molecule has 0 saturated carbocycles. The first-order valence-corrected chi connectivity index (χ1v) is 12.2. The van der Waals surface area contributed by atoms with Crippen LogP contribution in [0, 0.1) is 0 Å². The van der Waals surface area contributed by atoms with E-state index in [0.717, 1.165) is 26.7 Å². The van der Waals surface area contributed by atoms with Gasteiger partial charge in [0.25, 0.3) is 10.0 Å². The zero-order valence-corrected chi connectivity index (χ0v) is 19.4. The van der Waals surface area contributed by atoms with Gasteiger partial charge in [0, 0.05) is 13.1 Å². The van der Waals surface area contributed by atoms with Crippen molar-refractivity contribution in [3.05, 3.63) is 59.7 Å². The highest BCUT2D eigenvalue weighted by atomic mass is 32.2. The second-order valence-corrected chi connectivity index (χ2v) is 8.95. The van der Waals surface area contributed by atoms with Crippen LogP contribution in [0.15, 0.2) is 48.5 Å². The average molecular weight is 460 g/mol. The van der Waals surface area contributed by atoms with Crippen LogP contribution in [0.5, 0.6) is 11.5 Å². The molecular weight excluding hydrogens is 430 g/mol. The number of rotatable bonds is 12. The predicted octanol–water partition coefficient (Wildman–Crippen LogP) is 3.50. The lowest BCUT2D eigenvalue weighted by molar-refractivity contribution is 0.340. The maximum Gasteiger partial charge on any atom is 0.256 e. The van der Waals surface area contributed by atoms with Crippen molar-refractivity contribution in [1.29, 1.82) is 0 Å². The number of aromatic nitrogens is 3. The van der Waals surface area contributed by atoms with Crippen LogP contribution in [-0.4, -0.2) is 41.6 Å². The molecule has 0 radical (unpaired) electrons. The molecule has 0 aliphatic carbocycles. The van der Waals surface area contributed by atoms with Crippen LogP contribution in [0.1, 0.15) is 31.9 Å². The summed E-state index contributed by atoms with van der Waals surface area (Å²) in [6.07, 6.45) is 0. The molecule has 0 aliphatic heterocycles. The number of hydrogen-bond acceptors (Lipinski definition) is 8. The Balaban J connectivity index is 1.70. The molecule has 3 aromatic rings. The van der Waals surface area contributed by atoms with Crippen molar-refractivity contribution in [2.75, 3.05) is 29.6 Å². The lowest BCUT2D eigenvalue weighted by atomic mass is 10.2. The molecule has 10 heteroatoms. The van der Waals surface area contributed by atoms with Crippen molar-refractivity contribution in [2.45, 2.75) is 33.9 Å². The maximum atomic E-state index is 12.5.